The molecule has 0 spiro atoms. The Bertz CT molecular complexity index is 853. The number of amides is 1. The van der Waals surface area contributed by atoms with Crippen molar-refractivity contribution in [2.75, 3.05) is 42.9 Å². The van der Waals surface area contributed by atoms with Crippen LogP contribution in [0.2, 0.25) is 0 Å². The molecule has 0 atom stereocenters. The van der Waals surface area contributed by atoms with Crippen LogP contribution in [0, 0.1) is 22.9 Å². The van der Waals surface area contributed by atoms with E-state index in [4.69, 9.17) is 0 Å². The van der Waals surface area contributed by atoms with E-state index in [9.17, 15) is 19.3 Å². The number of aromatic nitrogens is 1. The Morgan fingerprint density at radius 1 is 1.26 bits per heavy atom. The van der Waals surface area contributed by atoms with Crippen molar-refractivity contribution >= 4 is 23.1 Å². The number of rotatable bonds is 5. The molecule has 1 amide bonds. The molecule has 2 aromatic rings. The highest BCUT2D eigenvalue weighted by Gasteiger charge is 2.27. The van der Waals surface area contributed by atoms with Crippen molar-refractivity contribution in [3.05, 3.63) is 58.0 Å². The third kappa shape index (κ3) is 4.37. The third-order valence-corrected chi connectivity index (χ3v) is 4.48. The Hall–Kier alpha value is -3.07. The van der Waals surface area contributed by atoms with Gasteiger partial charge in [-0.3, -0.25) is 19.8 Å². The van der Waals surface area contributed by atoms with Gasteiger partial charge < -0.3 is 10.2 Å². The second-order valence-corrected chi connectivity index (χ2v) is 6.35. The van der Waals surface area contributed by atoms with Gasteiger partial charge in [0.1, 0.15) is 5.82 Å². The normalized spacial score (nSPS) is 14.8. The monoisotopic (exact) mass is 373 g/mol. The molecule has 2 heterocycles. The number of benzene rings is 1. The van der Waals surface area contributed by atoms with Gasteiger partial charge in [-0.25, -0.2) is 9.37 Å². The Balaban J connectivity index is 1.58. The number of para-hydroxylation sites is 1. The highest BCUT2D eigenvalue weighted by Crippen LogP contribution is 2.29. The van der Waals surface area contributed by atoms with Crippen LogP contribution in [0.3, 0.4) is 0 Å². The summed E-state index contributed by atoms with van der Waals surface area (Å²) in [6.07, 6.45) is 1.56. The van der Waals surface area contributed by atoms with E-state index < -0.39 is 10.7 Å². The molecule has 8 nitrogen and oxygen atoms in total. The van der Waals surface area contributed by atoms with Crippen molar-refractivity contribution in [1.29, 1.82) is 0 Å². The summed E-state index contributed by atoms with van der Waals surface area (Å²) < 4.78 is 13.6. The van der Waals surface area contributed by atoms with Gasteiger partial charge in [-0.1, -0.05) is 12.1 Å². The van der Waals surface area contributed by atoms with Gasteiger partial charge in [-0.2, -0.15) is 0 Å². The van der Waals surface area contributed by atoms with Crippen LogP contribution >= 0.6 is 0 Å². The number of nitrogens with one attached hydrogen (secondary N) is 1. The summed E-state index contributed by atoms with van der Waals surface area (Å²) in [4.78, 5) is 31.0. The predicted molar refractivity (Wildman–Crippen MR) is 99.3 cm³/mol. The number of halogens is 1. The molecule has 0 radical (unpaired) electrons. The van der Waals surface area contributed by atoms with E-state index in [1.54, 1.807) is 31.3 Å². The predicted octanol–water partition coefficient (Wildman–Crippen LogP) is 2.20. The molecule has 1 fully saturated rings. The molecule has 1 aromatic heterocycles. The van der Waals surface area contributed by atoms with Crippen molar-refractivity contribution < 1.29 is 14.1 Å². The van der Waals surface area contributed by atoms with Gasteiger partial charge in [-0.15, -0.1) is 0 Å². The standard InChI is InChI=1S/C18H20FN5O3/c1-13-6-7-20-18(17(13)24(26)27)23-10-8-22(9-11-23)12-16(25)21-15-5-3-2-4-14(15)19/h2-7H,8-12H2,1H3,(H,21,25). The van der Waals surface area contributed by atoms with E-state index in [-0.39, 0.29) is 23.8 Å². The topological polar surface area (TPSA) is 91.6 Å². The first-order valence-electron chi connectivity index (χ1n) is 8.57. The molecular formula is C18H20FN5O3. The zero-order valence-corrected chi connectivity index (χ0v) is 14.9. The Morgan fingerprint density at radius 3 is 2.63 bits per heavy atom. The zero-order chi connectivity index (χ0) is 19.4. The summed E-state index contributed by atoms with van der Waals surface area (Å²) in [7, 11) is 0. The minimum Gasteiger partial charge on any atom is -0.348 e. The Labute approximate surface area is 155 Å². The molecule has 0 bridgehead atoms. The highest BCUT2D eigenvalue weighted by molar-refractivity contribution is 5.92. The first-order chi connectivity index (χ1) is 13.0. The molecule has 0 aliphatic carbocycles. The summed E-state index contributed by atoms with van der Waals surface area (Å²) in [6, 6.07) is 7.62. The molecule has 27 heavy (non-hydrogen) atoms. The number of aryl methyl sites for hydroxylation is 1. The van der Waals surface area contributed by atoms with E-state index in [0.717, 1.165) is 0 Å². The fraction of sp³-hybridized carbons (Fsp3) is 0.333. The molecule has 1 N–H and O–H groups in total. The van der Waals surface area contributed by atoms with Crippen LogP contribution in [-0.4, -0.2) is 53.4 Å². The van der Waals surface area contributed by atoms with Gasteiger partial charge in [-0.05, 0) is 25.1 Å². The molecule has 1 saturated heterocycles. The maximum Gasteiger partial charge on any atom is 0.314 e. The minimum atomic E-state index is -0.478. The van der Waals surface area contributed by atoms with E-state index in [2.05, 4.69) is 10.3 Å². The number of carbonyl (C=O) groups excluding carboxylic acids is 1. The number of hydrogen-bond donors (Lipinski definition) is 1. The largest absolute Gasteiger partial charge is 0.348 e. The average Bonchev–Trinajstić information content (AvgIpc) is 2.64. The number of carbonyl (C=O) groups is 1. The molecule has 0 saturated carbocycles. The smallest absolute Gasteiger partial charge is 0.314 e. The van der Waals surface area contributed by atoms with Crippen molar-refractivity contribution in [1.82, 2.24) is 9.88 Å². The van der Waals surface area contributed by atoms with E-state index in [1.807, 2.05) is 9.80 Å². The Kier molecular flexibility index (Phi) is 5.60. The number of hydrogen-bond acceptors (Lipinski definition) is 6. The first-order valence-corrected chi connectivity index (χ1v) is 8.57. The first kappa shape index (κ1) is 18.7. The fourth-order valence-corrected chi connectivity index (χ4v) is 3.07. The third-order valence-electron chi connectivity index (χ3n) is 4.48. The summed E-state index contributed by atoms with van der Waals surface area (Å²) in [5, 5.41) is 13.9. The molecule has 9 heteroatoms. The maximum absolute atomic E-state index is 13.6. The van der Waals surface area contributed by atoms with Gasteiger partial charge in [0.15, 0.2) is 0 Å². The van der Waals surface area contributed by atoms with Gasteiger partial charge in [0.25, 0.3) is 0 Å². The number of nitro groups is 1. The zero-order valence-electron chi connectivity index (χ0n) is 14.9. The Morgan fingerprint density at radius 2 is 1.96 bits per heavy atom. The maximum atomic E-state index is 13.6. The van der Waals surface area contributed by atoms with Crippen molar-refractivity contribution in [2.24, 2.45) is 0 Å². The average molecular weight is 373 g/mol. The summed E-state index contributed by atoms with van der Waals surface area (Å²) in [5.41, 5.74) is 0.737. The molecule has 1 aliphatic heterocycles. The van der Waals surface area contributed by atoms with E-state index >= 15 is 0 Å². The lowest BCUT2D eigenvalue weighted by Crippen LogP contribution is -2.49. The van der Waals surface area contributed by atoms with Crippen LogP contribution in [0.25, 0.3) is 0 Å². The summed E-state index contributed by atoms with van der Waals surface area (Å²) in [5.74, 6) is -0.419. The van der Waals surface area contributed by atoms with Crippen LogP contribution in [0.1, 0.15) is 5.56 Å². The summed E-state index contributed by atoms with van der Waals surface area (Å²) >= 11 is 0. The van der Waals surface area contributed by atoms with Crippen molar-refractivity contribution in [3.63, 3.8) is 0 Å². The second-order valence-electron chi connectivity index (χ2n) is 6.35. The van der Waals surface area contributed by atoms with Crippen LogP contribution in [0.4, 0.5) is 21.6 Å². The number of pyridine rings is 1. The lowest BCUT2D eigenvalue weighted by Gasteiger charge is -2.34. The number of piperazine rings is 1. The van der Waals surface area contributed by atoms with Crippen LogP contribution in [0.15, 0.2) is 36.5 Å². The van der Waals surface area contributed by atoms with Gasteiger partial charge in [0.2, 0.25) is 11.7 Å². The van der Waals surface area contributed by atoms with E-state index in [1.165, 1.54) is 12.1 Å². The molecular weight excluding hydrogens is 353 g/mol. The lowest BCUT2D eigenvalue weighted by atomic mass is 10.2. The van der Waals surface area contributed by atoms with E-state index in [0.29, 0.717) is 37.6 Å². The number of nitrogens with zero attached hydrogens (tertiary/aromatic N) is 4. The SMILES string of the molecule is Cc1ccnc(N2CCN(CC(=O)Nc3ccccc3F)CC2)c1[N+](=O)[O-]. The fourth-order valence-electron chi connectivity index (χ4n) is 3.07. The molecule has 3 rings (SSSR count). The second kappa shape index (κ2) is 8.09. The molecule has 1 aromatic carbocycles. The van der Waals surface area contributed by atoms with Crippen LogP contribution in [-0.2, 0) is 4.79 Å². The number of anilines is 2. The molecule has 142 valence electrons. The van der Waals surface area contributed by atoms with Crippen LogP contribution in [0.5, 0.6) is 0 Å². The van der Waals surface area contributed by atoms with Crippen molar-refractivity contribution in [2.45, 2.75) is 6.92 Å². The quantitative estimate of drug-likeness (QED) is 0.638. The molecule has 0 unspecified atom stereocenters. The minimum absolute atomic E-state index is 0.0169. The highest BCUT2D eigenvalue weighted by atomic mass is 19.1. The molecule has 1 aliphatic rings. The van der Waals surface area contributed by atoms with Gasteiger partial charge >= 0.3 is 5.69 Å². The van der Waals surface area contributed by atoms with Crippen LogP contribution < -0.4 is 10.2 Å². The summed E-state index contributed by atoms with van der Waals surface area (Å²) in [6.45, 7) is 3.96. The van der Waals surface area contributed by atoms with Gasteiger partial charge in [0, 0.05) is 37.9 Å². The van der Waals surface area contributed by atoms with Crippen molar-refractivity contribution in [3.8, 4) is 0 Å². The van der Waals surface area contributed by atoms with Gasteiger partial charge in [0.05, 0.1) is 17.2 Å². The lowest BCUT2D eigenvalue weighted by molar-refractivity contribution is -0.384.